The van der Waals surface area contributed by atoms with E-state index in [1.165, 1.54) is 0 Å². The molecule has 0 aliphatic carbocycles. The lowest BCUT2D eigenvalue weighted by atomic mass is 10.2. The summed E-state index contributed by atoms with van der Waals surface area (Å²) >= 11 is 0. The molecule has 0 radical (unpaired) electrons. The fraction of sp³-hybridized carbons (Fsp3) is 0.385. The lowest BCUT2D eigenvalue weighted by Gasteiger charge is -2.19. The standard InChI is InChI=1S/C13H17N3O5/c14-13(19)9(17)6-15-7-12(18)16-8-1-2-10-11(5-8)21-4-3-20-10/h1-2,5,9,15,17H,3-4,6-7H2,(H2,14,19)(H,16,18). The van der Waals surface area contributed by atoms with Gasteiger partial charge in [-0.3, -0.25) is 9.59 Å². The first kappa shape index (κ1) is 15.1. The second-order valence-electron chi connectivity index (χ2n) is 4.46. The zero-order valence-electron chi connectivity index (χ0n) is 11.3. The Labute approximate surface area is 121 Å². The van der Waals surface area contributed by atoms with Crippen molar-refractivity contribution in [3.05, 3.63) is 18.2 Å². The average Bonchev–Trinajstić information content (AvgIpc) is 2.46. The molecule has 1 atom stereocenters. The molecule has 1 aromatic carbocycles. The summed E-state index contributed by atoms with van der Waals surface area (Å²) in [5.41, 5.74) is 5.46. The molecule has 1 aliphatic heterocycles. The third-order valence-corrected chi connectivity index (χ3v) is 2.78. The molecule has 2 amide bonds. The number of nitrogens with one attached hydrogen (secondary N) is 2. The maximum Gasteiger partial charge on any atom is 0.247 e. The van der Waals surface area contributed by atoms with Gasteiger partial charge >= 0.3 is 0 Å². The quantitative estimate of drug-likeness (QED) is 0.524. The van der Waals surface area contributed by atoms with Crippen molar-refractivity contribution < 1.29 is 24.2 Å². The van der Waals surface area contributed by atoms with Crippen LogP contribution in [0.2, 0.25) is 0 Å². The SMILES string of the molecule is NC(=O)C(O)CNCC(=O)Nc1ccc2c(c1)OCCO2. The largest absolute Gasteiger partial charge is 0.486 e. The molecule has 0 spiro atoms. The molecule has 0 saturated heterocycles. The van der Waals surface area contributed by atoms with Gasteiger partial charge in [-0.05, 0) is 12.1 Å². The van der Waals surface area contributed by atoms with E-state index in [2.05, 4.69) is 10.6 Å². The Balaban J connectivity index is 1.81. The molecule has 1 unspecified atom stereocenters. The molecule has 1 aromatic rings. The number of aliphatic hydroxyl groups excluding tert-OH is 1. The molecule has 1 aliphatic rings. The average molecular weight is 295 g/mol. The van der Waals surface area contributed by atoms with Crippen LogP contribution in [0.1, 0.15) is 0 Å². The molecule has 8 nitrogen and oxygen atoms in total. The van der Waals surface area contributed by atoms with E-state index in [-0.39, 0.29) is 19.0 Å². The predicted octanol–water partition coefficient (Wildman–Crippen LogP) is -1.17. The van der Waals surface area contributed by atoms with Crippen molar-refractivity contribution >= 4 is 17.5 Å². The van der Waals surface area contributed by atoms with Gasteiger partial charge in [0.25, 0.3) is 0 Å². The maximum atomic E-state index is 11.7. The van der Waals surface area contributed by atoms with Gasteiger partial charge in [0.1, 0.15) is 19.3 Å². The smallest absolute Gasteiger partial charge is 0.247 e. The van der Waals surface area contributed by atoms with Crippen molar-refractivity contribution in [1.29, 1.82) is 0 Å². The number of hydrogen-bond donors (Lipinski definition) is 4. The highest BCUT2D eigenvalue weighted by atomic mass is 16.6. The van der Waals surface area contributed by atoms with Crippen LogP contribution in [0, 0.1) is 0 Å². The maximum absolute atomic E-state index is 11.7. The van der Waals surface area contributed by atoms with Crippen LogP contribution in [-0.4, -0.2) is 49.3 Å². The zero-order valence-corrected chi connectivity index (χ0v) is 11.3. The Morgan fingerprint density at radius 2 is 2.00 bits per heavy atom. The monoisotopic (exact) mass is 295 g/mol. The zero-order chi connectivity index (χ0) is 15.2. The van der Waals surface area contributed by atoms with Crippen LogP contribution >= 0.6 is 0 Å². The molecule has 0 fully saturated rings. The first-order chi connectivity index (χ1) is 10.1. The van der Waals surface area contributed by atoms with Gasteiger partial charge in [0, 0.05) is 18.3 Å². The van der Waals surface area contributed by atoms with E-state index in [1.807, 2.05) is 0 Å². The van der Waals surface area contributed by atoms with E-state index in [0.717, 1.165) is 0 Å². The topological polar surface area (TPSA) is 123 Å². The Kier molecular flexibility index (Phi) is 4.96. The number of anilines is 1. The molecule has 2 rings (SSSR count). The summed E-state index contributed by atoms with van der Waals surface area (Å²) in [5.74, 6) is 0.0659. The summed E-state index contributed by atoms with van der Waals surface area (Å²) in [7, 11) is 0. The minimum absolute atomic E-state index is 0.0568. The molecule has 114 valence electrons. The third kappa shape index (κ3) is 4.33. The summed E-state index contributed by atoms with van der Waals surface area (Å²) in [4.78, 5) is 22.3. The Morgan fingerprint density at radius 3 is 2.71 bits per heavy atom. The highest BCUT2D eigenvalue weighted by Crippen LogP contribution is 2.32. The minimum atomic E-state index is -1.31. The van der Waals surface area contributed by atoms with Gasteiger partial charge in [-0.1, -0.05) is 0 Å². The lowest BCUT2D eigenvalue weighted by molar-refractivity contribution is -0.126. The second kappa shape index (κ2) is 6.91. The highest BCUT2D eigenvalue weighted by molar-refractivity contribution is 5.92. The Hall–Kier alpha value is -2.32. The number of amides is 2. The normalized spacial score (nSPS) is 14.3. The lowest BCUT2D eigenvalue weighted by Crippen LogP contribution is -2.40. The number of hydrogen-bond acceptors (Lipinski definition) is 6. The van der Waals surface area contributed by atoms with Crippen molar-refractivity contribution in [3.63, 3.8) is 0 Å². The summed E-state index contributed by atoms with van der Waals surface area (Å²) in [6, 6.07) is 5.09. The van der Waals surface area contributed by atoms with Crippen LogP contribution in [0.15, 0.2) is 18.2 Å². The van der Waals surface area contributed by atoms with E-state index >= 15 is 0 Å². The molecule has 0 aromatic heterocycles. The number of nitrogens with two attached hydrogens (primary N) is 1. The molecule has 1 heterocycles. The minimum Gasteiger partial charge on any atom is -0.486 e. The number of carbonyl (C=O) groups is 2. The van der Waals surface area contributed by atoms with E-state index in [9.17, 15) is 9.59 Å². The van der Waals surface area contributed by atoms with Crippen molar-refractivity contribution in [2.24, 2.45) is 5.73 Å². The second-order valence-corrected chi connectivity index (χ2v) is 4.46. The van der Waals surface area contributed by atoms with Gasteiger partial charge in [0.15, 0.2) is 11.5 Å². The van der Waals surface area contributed by atoms with Crippen LogP contribution in [0.3, 0.4) is 0 Å². The van der Waals surface area contributed by atoms with Gasteiger partial charge < -0.3 is 30.9 Å². The van der Waals surface area contributed by atoms with Crippen LogP contribution in [0.4, 0.5) is 5.69 Å². The van der Waals surface area contributed by atoms with Crippen LogP contribution < -0.4 is 25.8 Å². The molecular formula is C13H17N3O5. The fourth-order valence-electron chi connectivity index (χ4n) is 1.75. The fourth-order valence-corrected chi connectivity index (χ4v) is 1.75. The predicted molar refractivity (Wildman–Crippen MR) is 74.1 cm³/mol. The van der Waals surface area contributed by atoms with Crippen molar-refractivity contribution in [3.8, 4) is 11.5 Å². The number of rotatable bonds is 6. The highest BCUT2D eigenvalue weighted by Gasteiger charge is 2.13. The van der Waals surface area contributed by atoms with E-state index in [1.54, 1.807) is 18.2 Å². The molecular weight excluding hydrogens is 278 g/mol. The molecule has 0 saturated carbocycles. The van der Waals surface area contributed by atoms with E-state index in [0.29, 0.717) is 30.4 Å². The number of fused-ring (bicyclic) bond motifs is 1. The van der Waals surface area contributed by atoms with Crippen molar-refractivity contribution in [2.45, 2.75) is 6.10 Å². The molecule has 5 N–H and O–H groups in total. The summed E-state index contributed by atoms with van der Waals surface area (Å²) in [6.07, 6.45) is -1.31. The van der Waals surface area contributed by atoms with Crippen LogP contribution in [-0.2, 0) is 9.59 Å². The number of benzene rings is 1. The molecule has 0 bridgehead atoms. The molecule has 21 heavy (non-hydrogen) atoms. The first-order valence-corrected chi connectivity index (χ1v) is 6.44. The number of aliphatic hydroxyl groups is 1. The van der Waals surface area contributed by atoms with Crippen LogP contribution in [0.25, 0.3) is 0 Å². The van der Waals surface area contributed by atoms with Crippen molar-refractivity contribution in [1.82, 2.24) is 5.32 Å². The van der Waals surface area contributed by atoms with Gasteiger partial charge in [0.05, 0.1) is 6.54 Å². The summed E-state index contributed by atoms with van der Waals surface area (Å²) in [5, 5.41) is 14.5. The molecule has 8 heteroatoms. The van der Waals surface area contributed by atoms with Crippen LogP contribution in [0.5, 0.6) is 11.5 Å². The first-order valence-electron chi connectivity index (χ1n) is 6.44. The Morgan fingerprint density at radius 1 is 1.29 bits per heavy atom. The summed E-state index contributed by atoms with van der Waals surface area (Å²) < 4.78 is 10.8. The number of ether oxygens (including phenoxy) is 2. The third-order valence-electron chi connectivity index (χ3n) is 2.78. The van der Waals surface area contributed by atoms with E-state index in [4.69, 9.17) is 20.3 Å². The van der Waals surface area contributed by atoms with Crippen molar-refractivity contribution in [2.75, 3.05) is 31.6 Å². The van der Waals surface area contributed by atoms with E-state index < -0.39 is 12.0 Å². The number of carbonyl (C=O) groups excluding carboxylic acids is 2. The van der Waals surface area contributed by atoms with Gasteiger partial charge in [-0.25, -0.2) is 0 Å². The summed E-state index contributed by atoms with van der Waals surface area (Å²) in [6.45, 7) is 0.838. The number of primary amides is 1. The Bertz CT molecular complexity index is 535. The van der Waals surface area contributed by atoms with Gasteiger partial charge in [-0.15, -0.1) is 0 Å². The van der Waals surface area contributed by atoms with Gasteiger partial charge in [0.2, 0.25) is 11.8 Å². The van der Waals surface area contributed by atoms with Gasteiger partial charge in [-0.2, -0.15) is 0 Å².